The Morgan fingerprint density at radius 3 is 2.28 bits per heavy atom. The van der Waals surface area contributed by atoms with E-state index < -0.39 is 6.10 Å². The average Bonchev–Trinajstić information content (AvgIpc) is 2.30. The molecule has 0 aliphatic heterocycles. The summed E-state index contributed by atoms with van der Waals surface area (Å²) in [6.07, 6.45) is -0.708. The Bertz CT molecular complexity index is 558. The SMILES string of the molecule is Cc1cc(Cl)cc(C(O)c2ccc(C)c(Cl)c2)c1. The Kier molecular flexibility index (Phi) is 3.96. The Labute approximate surface area is 117 Å². The summed E-state index contributed by atoms with van der Waals surface area (Å²) in [7, 11) is 0. The van der Waals surface area contributed by atoms with Gasteiger partial charge in [-0.1, -0.05) is 41.4 Å². The zero-order valence-corrected chi connectivity index (χ0v) is 11.8. The van der Waals surface area contributed by atoms with Crippen molar-refractivity contribution in [1.82, 2.24) is 0 Å². The van der Waals surface area contributed by atoms with Crippen molar-refractivity contribution in [3.05, 3.63) is 68.7 Å². The molecule has 0 aromatic heterocycles. The predicted octanol–water partition coefficient (Wildman–Crippen LogP) is 4.69. The van der Waals surface area contributed by atoms with Gasteiger partial charge in [-0.15, -0.1) is 0 Å². The molecule has 0 amide bonds. The molecule has 2 aromatic carbocycles. The minimum Gasteiger partial charge on any atom is -0.384 e. The predicted molar refractivity (Wildman–Crippen MR) is 76.4 cm³/mol. The zero-order chi connectivity index (χ0) is 13.3. The van der Waals surface area contributed by atoms with Crippen molar-refractivity contribution < 1.29 is 5.11 Å². The second kappa shape index (κ2) is 5.31. The van der Waals surface area contributed by atoms with E-state index in [0.29, 0.717) is 10.0 Å². The Morgan fingerprint density at radius 1 is 0.944 bits per heavy atom. The lowest BCUT2D eigenvalue weighted by molar-refractivity contribution is 0.220. The quantitative estimate of drug-likeness (QED) is 0.846. The average molecular weight is 281 g/mol. The van der Waals surface area contributed by atoms with Crippen LogP contribution in [0.1, 0.15) is 28.4 Å². The molecule has 18 heavy (non-hydrogen) atoms. The summed E-state index contributed by atoms with van der Waals surface area (Å²) in [5, 5.41) is 11.6. The zero-order valence-electron chi connectivity index (χ0n) is 10.2. The van der Waals surface area contributed by atoms with E-state index in [1.807, 2.05) is 38.1 Å². The van der Waals surface area contributed by atoms with Crippen LogP contribution in [0.25, 0.3) is 0 Å². The maximum atomic E-state index is 10.3. The molecule has 2 aromatic rings. The third-order valence-electron chi connectivity index (χ3n) is 2.89. The van der Waals surface area contributed by atoms with E-state index in [1.54, 1.807) is 12.1 Å². The Balaban J connectivity index is 2.40. The highest BCUT2D eigenvalue weighted by Crippen LogP contribution is 2.28. The van der Waals surface area contributed by atoms with Gasteiger partial charge in [0.2, 0.25) is 0 Å². The smallest absolute Gasteiger partial charge is 0.104 e. The molecular weight excluding hydrogens is 267 g/mol. The van der Waals surface area contributed by atoms with Crippen LogP contribution in [-0.2, 0) is 0 Å². The van der Waals surface area contributed by atoms with Crippen molar-refractivity contribution in [3.63, 3.8) is 0 Å². The summed E-state index contributed by atoms with van der Waals surface area (Å²) in [5.74, 6) is 0. The molecule has 0 aliphatic rings. The topological polar surface area (TPSA) is 20.2 Å². The summed E-state index contributed by atoms with van der Waals surface area (Å²) in [4.78, 5) is 0. The first-order valence-electron chi connectivity index (χ1n) is 5.68. The molecule has 0 spiro atoms. The highest BCUT2D eigenvalue weighted by atomic mass is 35.5. The number of rotatable bonds is 2. The van der Waals surface area contributed by atoms with Crippen molar-refractivity contribution in [1.29, 1.82) is 0 Å². The van der Waals surface area contributed by atoms with Crippen LogP contribution in [0.3, 0.4) is 0 Å². The van der Waals surface area contributed by atoms with Crippen LogP contribution in [0.15, 0.2) is 36.4 Å². The molecule has 0 aliphatic carbocycles. The fourth-order valence-electron chi connectivity index (χ4n) is 1.89. The van der Waals surface area contributed by atoms with Gasteiger partial charge in [-0.2, -0.15) is 0 Å². The lowest BCUT2D eigenvalue weighted by Crippen LogP contribution is -2.00. The van der Waals surface area contributed by atoms with Crippen LogP contribution in [0.4, 0.5) is 0 Å². The molecule has 0 heterocycles. The minimum absolute atomic E-state index is 0.627. The van der Waals surface area contributed by atoms with E-state index in [-0.39, 0.29) is 0 Å². The van der Waals surface area contributed by atoms with Gasteiger partial charge >= 0.3 is 0 Å². The Morgan fingerprint density at radius 2 is 1.67 bits per heavy atom. The first-order valence-corrected chi connectivity index (χ1v) is 6.44. The molecule has 0 bridgehead atoms. The lowest BCUT2D eigenvalue weighted by atomic mass is 9.99. The summed E-state index contributed by atoms with van der Waals surface area (Å²) < 4.78 is 0. The van der Waals surface area contributed by atoms with E-state index in [4.69, 9.17) is 23.2 Å². The monoisotopic (exact) mass is 280 g/mol. The standard InChI is InChI=1S/C15H14Cl2O/c1-9-5-12(7-13(16)6-9)15(18)11-4-3-10(2)14(17)8-11/h3-8,15,18H,1-2H3. The van der Waals surface area contributed by atoms with Crippen LogP contribution >= 0.6 is 23.2 Å². The molecular formula is C15H14Cl2O. The van der Waals surface area contributed by atoms with E-state index in [2.05, 4.69) is 0 Å². The molecule has 1 unspecified atom stereocenters. The largest absolute Gasteiger partial charge is 0.384 e. The van der Waals surface area contributed by atoms with Gasteiger partial charge in [0.05, 0.1) is 0 Å². The minimum atomic E-state index is -0.708. The summed E-state index contributed by atoms with van der Waals surface area (Å²) in [5.41, 5.74) is 3.57. The van der Waals surface area contributed by atoms with Gasteiger partial charge in [0.15, 0.2) is 0 Å². The van der Waals surface area contributed by atoms with Crippen LogP contribution in [-0.4, -0.2) is 5.11 Å². The first kappa shape index (κ1) is 13.4. The number of aliphatic hydroxyl groups excluding tert-OH is 1. The van der Waals surface area contributed by atoms with Gasteiger partial charge in [0, 0.05) is 10.0 Å². The summed E-state index contributed by atoms with van der Waals surface area (Å²) in [6, 6.07) is 11.1. The molecule has 0 saturated carbocycles. The van der Waals surface area contributed by atoms with E-state index >= 15 is 0 Å². The maximum absolute atomic E-state index is 10.3. The second-order valence-corrected chi connectivity index (χ2v) is 5.32. The summed E-state index contributed by atoms with van der Waals surface area (Å²) >= 11 is 12.1. The van der Waals surface area contributed by atoms with Gasteiger partial charge in [-0.3, -0.25) is 0 Å². The number of hydrogen-bond donors (Lipinski definition) is 1. The van der Waals surface area contributed by atoms with Gasteiger partial charge in [0.25, 0.3) is 0 Å². The lowest BCUT2D eigenvalue weighted by Gasteiger charge is -2.13. The first-order chi connectivity index (χ1) is 8.47. The molecule has 0 fully saturated rings. The fourth-order valence-corrected chi connectivity index (χ4v) is 2.38. The maximum Gasteiger partial charge on any atom is 0.104 e. The Hall–Kier alpha value is -1.02. The molecule has 1 atom stereocenters. The highest BCUT2D eigenvalue weighted by molar-refractivity contribution is 6.31. The number of hydrogen-bond acceptors (Lipinski definition) is 1. The van der Waals surface area contributed by atoms with Crippen molar-refractivity contribution in [3.8, 4) is 0 Å². The van der Waals surface area contributed by atoms with Crippen molar-refractivity contribution in [2.45, 2.75) is 20.0 Å². The number of aliphatic hydroxyl groups is 1. The van der Waals surface area contributed by atoms with E-state index in [0.717, 1.165) is 22.3 Å². The van der Waals surface area contributed by atoms with Crippen LogP contribution in [0.5, 0.6) is 0 Å². The molecule has 0 saturated heterocycles. The number of halogens is 2. The third kappa shape index (κ3) is 2.86. The van der Waals surface area contributed by atoms with Crippen molar-refractivity contribution in [2.24, 2.45) is 0 Å². The highest BCUT2D eigenvalue weighted by Gasteiger charge is 2.12. The van der Waals surface area contributed by atoms with Crippen molar-refractivity contribution in [2.75, 3.05) is 0 Å². The molecule has 0 radical (unpaired) electrons. The molecule has 3 heteroatoms. The second-order valence-electron chi connectivity index (χ2n) is 4.47. The van der Waals surface area contributed by atoms with E-state index in [1.165, 1.54) is 0 Å². The molecule has 2 rings (SSSR count). The number of aryl methyl sites for hydroxylation is 2. The normalized spacial score (nSPS) is 12.5. The van der Waals surface area contributed by atoms with Crippen LogP contribution in [0.2, 0.25) is 10.0 Å². The third-order valence-corrected chi connectivity index (χ3v) is 3.52. The molecule has 94 valence electrons. The van der Waals surface area contributed by atoms with Gasteiger partial charge < -0.3 is 5.11 Å². The fraction of sp³-hybridized carbons (Fsp3) is 0.200. The van der Waals surface area contributed by atoms with Gasteiger partial charge in [-0.05, 0) is 54.3 Å². The van der Waals surface area contributed by atoms with Crippen molar-refractivity contribution >= 4 is 23.2 Å². The van der Waals surface area contributed by atoms with Gasteiger partial charge in [0.1, 0.15) is 6.10 Å². The number of benzene rings is 2. The molecule has 1 N–H and O–H groups in total. The molecule has 1 nitrogen and oxygen atoms in total. The van der Waals surface area contributed by atoms with Crippen LogP contribution < -0.4 is 0 Å². The van der Waals surface area contributed by atoms with Crippen LogP contribution in [0, 0.1) is 13.8 Å². The van der Waals surface area contributed by atoms with E-state index in [9.17, 15) is 5.11 Å². The summed E-state index contributed by atoms with van der Waals surface area (Å²) in [6.45, 7) is 3.88. The van der Waals surface area contributed by atoms with Gasteiger partial charge in [-0.25, -0.2) is 0 Å².